The molecule has 0 atom stereocenters. The third-order valence-corrected chi connectivity index (χ3v) is 2.61. The van der Waals surface area contributed by atoms with Gasteiger partial charge in [-0.05, 0) is 13.8 Å². The van der Waals surface area contributed by atoms with Crippen LogP contribution in [0.15, 0.2) is 0 Å². The van der Waals surface area contributed by atoms with E-state index in [0.29, 0.717) is 18.7 Å². The number of ether oxygens (including phenoxy) is 1. The summed E-state index contributed by atoms with van der Waals surface area (Å²) in [5.41, 5.74) is 0.0666. The van der Waals surface area contributed by atoms with E-state index in [9.17, 15) is 13.2 Å². The van der Waals surface area contributed by atoms with Gasteiger partial charge in [0.05, 0.1) is 13.2 Å². The molecular weight excluding hydrogens is 221 g/mol. The van der Waals surface area contributed by atoms with Crippen molar-refractivity contribution in [1.82, 2.24) is 9.78 Å². The number of hydrogen-bond acceptors (Lipinski definition) is 2. The minimum Gasteiger partial charge on any atom is -0.376 e. The topological polar surface area (TPSA) is 27.1 Å². The summed E-state index contributed by atoms with van der Waals surface area (Å²) in [6.45, 7) is 4.12. The average Bonchev–Trinajstić information content (AvgIpc) is 2.56. The van der Waals surface area contributed by atoms with Crippen molar-refractivity contribution in [2.45, 2.75) is 39.1 Å². The normalized spacial score (nSPS) is 16.6. The molecule has 0 unspecified atom stereocenters. The monoisotopic (exact) mass is 234 g/mol. The van der Waals surface area contributed by atoms with Crippen LogP contribution < -0.4 is 0 Å². The molecule has 0 aliphatic carbocycles. The van der Waals surface area contributed by atoms with Crippen LogP contribution in [-0.2, 0) is 23.9 Å². The second-order valence-electron chi connectivity index (χ2n) is 4.11. The maximum atomic E-state index is 12.7. The molecule has 0 aromatic carbocycles. The Hall–Kier alpha value is -1.04. The van der Waals surface area contributed by atoms with Gasteiger partial charge in [-0.1, -0.05) is 0 Å². The molecule has 0 amide bonds. The Morgan fingerprint density at radius 2 is 2.06 bits per heavy atom. The van der Waals surface area contributed by atoms with Crippen molar-refractivity contribution in [3.05, 3.63) is 17.0 Å². The largest absolute Gasteiger partial charge is 0.435 e. The molecule has 90 valence electrons. The van der Waals surface area contributed by atoms with Crippen molar-refractivity contribution in [3.8, 4) is 0 Å². The maximum Gasteiger partial charge on any atom is 0.435 e. The highest BCUT2D eigenvalue weighted by molar-refractivity contribution is 5.29. The highest BCUT2D eigenvalue weighted by atomic mass is 19.4. The molecule has 0 radical (unpaired) electrons. The summed E-state index contributed by atoms with van der Waals surface area (Å²) in [4.78, 5) is 0. The summed E-state index contributed by atoms with van der Waals surface area (Å²) < 4.78 is 44.7. The maximum absolute atomic E-state index is 12.7. The van der Waals surface area contributed by atoms with Gasteiger partial charge < -0.3 is 4.74 Å². The van der Waals surface area contributed by atoms with Gasteiger partial charge in [0.15, 0.2) is 5.69 Å². The first-order valence-corrected chi connectivity index (χ1v) is 5.16. The lowest BCUT2D eigenvalue weighted by atomic mass is 10.1. The Bertz CT molecular complexity index is 396. The van der Waals surface area contributed by atoms with E-state index in [2.05, 4.69) is 5.10 Å². The molecule has 0 bridgehead atoms. The van der Waals surface area contributed by atoms with Gasteiger partial charge in [-0.15, -0.1) is 0 Å². The van der Waals surface area contributed by atoms with E-state index >= 15 is 0 Å². The van der Waals surface area contributed by atoms with Crippen molar-refractivity contribution < 1.29 is 17.9 Å². The Labute approximate surface area is 91.2 Å². The zero-order valence-electron chi connectivity index (χ0n) is 9.14. The fourth-order valence-electron chi connectivity index (χ4n) is 1.92. The van der Waals surface area contributed by atoms with Gasteiger partial charge in [-0.25, -0.2) is 0 Å². The summed E-state index contributed by atoms with van der Waals surface area (Å²) in [6, 6.07) is -0.0667. The third kappa shape index (κ3) is 1.81. The molecule has 0 saturated carbocycles. The average molecular weight is 234 g/mol. The Balaban J connectivity index is 2.55. The molecule has 1 aromatic rings. The molecule has 16 heavy (non-hydrogen) atoms. The lowest BCUT2D eigenvalue weighted by molar-refractivity contribution is -0.142. The molecule has 2 heterocycles. The van der Waals surface area contributed by atoms with Crippen LogP contribution in [0.2, 0.25) is 0 Å². The molecular formula is C10H13F3N2O. The van der Waals surface area contributed by atoms with Gasteiger partial charge in [0.25, 0.3) is 0 Å². The second-order valence-corrected chi connectivity index (χ2v) is 4.11. The number of nitrogens with zero attached hydrogens (tertiary/aromatic N) is 2. The van der Waals surface area contributed by atoms with Crippen LogP contribution in [-0.4, -0.2) is 16.4 Å². The van der Waals surface area contributed by atoms with E-state index in [-0.39, 0.29) is 18.2 Å². The molecule has 6 heteroatoms. The Kier molecular flexibility index (Phi) is 2.69. The predicted octanol–water partition coefficient (Wildman–Crippen LogP) is 2.56. The van der Waals surface area contributed by atoms with Crippen molar-refractivity contribution in [1.29, 1.82) is 0 Å². The minimum absolute atomic E-state index is 0.0108. The number of hydrogen-bond donors (Lipinski definition) is 0. The van der Waals surface area contributed by atoms with Crippen molar-refractivity contribution in [2.75, 3.05) is 6.61 Å². The quantitative estimate of drug-likeness (QED) is 0.746. The van der Waals surface area contributed by atoms with Crippen LogP contribution in [0.25, 0.3) is 0 Å². The number of rotatable bonds is 1. The second kappa shape index (κ2) is 3.76. The van der Waals surface area contributed by atoms with Crippen LogP contribution in [0.3, 0.4) is 0 Å². The van der Waals surface area contributed by atoms with Gasteiger partial charge in [-0.2, -0.15) is 18.3 Å². The fraction of sp³-hybridized carbons (Fsp3) is 0.700. The summed E-state index contributed by atoms with van der Waals surface area (Å²) >= 11 is 0. The first-order chi connectivity index (χ1) is 7.41. The van der Waals surface area contributed by atoms with Crippen LogP contribution in [0, 0.1) is 0 Å². The first-order valence-electron chi connectivity index (χ1n) is 5.16. The van der Waals surface area contributed by atoms with Crippen molar-refractivity contribution >= 4 is 0 Å². The lowest BCUT2D eigenvalue weighted by Gasteiger charge is -2.16. The summed E-state index contributed by atoms with van der Waals surface area (Å²) in [7, 11) is 0. The fourth-order valence-corrected chi connectivity index (χ4v) is 1.92. The Morgan fingerprint density at radius 1 is 1.38 bits per heavy atom. The lowest BCUT2D eigenvalue weighted by Crippen LogP contribution is -2.15. The van der Waals surface area contributed by atoms with Gasteiger partial charge >= 0.3 is 6.18 Å². The van der Waals surface area contributed by atoms with E-state index in [0.717, 1.165) is 0 Å². The molecule has 1 aromatic heterocycles. The smallest absolute Gasteiger partial charge is 0.376 e. The van der Waals surface area contributed by atoms with Crippen molar-refractivity contribution in [3.63, 3.8) is 0 Å². The van der Waals surface area contributed by atoms with Crippen molar-refractivity contribution in [2.24, 2.45) is 0 Å². The zero-order chi connectivity index (χ0) is 11.9. The molecule has 1 aliphatic rings. The first kappa shape index (κ1) is 11.4. The van der Waals surface area contributed by atoms with Gasteiger partial charge in [0, 0.05) is 23.7 Å². The van der Waals surface area contributed by atoms with Crippen LogP contribution in [0.1, 0.15) is 36.8 Å². The van der Waals surface area contributed by atoms with E-state index in [1.807, 2.05) is 13.8 Å². The predicted molar refractivity (Wildman–Crippen MR) is 51.0 cm³/mol. The standard InChI is InChI=1S/C10H13F3N2O/c1-6(2)15-8-3-4-16-5-7(8)9(14-15)10(11,12)13/h6H,3-5H2,1-2H3. The molecule has 1 aliphatic heterocycles. The SMILES string of the molecule is CC(C)n1nc(C(F)(F)F)c2c1CCOC2. The number of halogens is 3. The highest BCUT2D eigenvalue weighted by Gasteiger charge is 2.40. The van der Waals surface area contributed by atoms with Crippen LogP contribution >= 0.6 is 0 Å². The number of fused-ring (bicyclic) bond motifs is 1. The van der Waals surface area contributed by atoms with Gasteiger partial charge in [-0.3, -0.25) is 4.68 Å². The Morgan fingerprint density at radius 3 is 2.62 bits per heavy atom. The zero-order valence-corrected chi connectivity index (χ0v) is 9.14. The molecule has 2 rings (SSSR count). The van der Waals surface area contributed by atoms with Crippen LogP contribution in [0.5, 0.6) is 0 Å². The van der Waals surface area contributed by atoms with Gasteiger partial charge in [0.2, 0.25) is 0 Å². The summed E-state index contributed by atoms with van der Waals surface area (Å²) in [5.74, 6) is 0. The molecule has 3 nitrogen and oxygen atoms in total. The van der Waals surface area contributed by atoms with Gasteiger partial charge in [0.1, 0.15) is 0 Å². The van der Waals surface area contributed by atoms with E-state index in [1.54, 1.807) is 0 Å². The highest BCUT2D eigenvalue weighted by Crippen LogP contribution is 2.35. The minimum atomic E-state index is -4.40. The van der Waals surface area contributed by atoms with E-state index in [4.69, 9.17) is 4.74 Å². The molecule has 0 spiro atoms. The number of alkyl halides is 3. The third-order valence-electron chi connectivity index (χ3n) is 2.61. The molecule has 0 fully saturated rings. The van der Waals surface area contributed by atoms with E-state index in [1.165, 1.54) is 4.68 Å². The summed E-state index contributed by atoms with van der Waals surface area (Å²) in [5, 5.41) is 3.67. The molecule has 0 saturated heterocycles. The molecule has 0 N–H and O–H groups in total. The number of aromatic nitrogens is 2. The summed E-state index contributed by atoms with van der Waals surface area (Å²) in [6.07, 6.45) is -3.90. The van der Waals surface area contributed by atoms with E-state index < -0.39 is 11.9 Å². The van der Waals surface area contributed by atoms with Crippen LogP contribution in [0.4, 0.5) is 13.2 Å².